The minimum Gasteiger partial charge on any atom is -0.502 e. The highest BCUT2D eigenvalue weighted by atomic mass is 35.5. The van der Waals surface area contributed by atoms with E-state index in [0.29, 0.717) is 5.56 Å². The predicted molar refractivity (Wildman–Crippen MR) is 83.6 cm³/mol. The Balaban J connectivity index is 2.14. The average Bonchev–Trinajstić information content (AvgIpc) is 2.50. The molecule has 8 heteroatoms. The van der Waals surface area contributed by atoms with E-state index in [1.54, 1.807) is 0 Å². The van der Waals surface area contributed by atoms with Gasteiger partial charge in [0.1, 0.15) is 5.82 Å². The van der Waals surface area contributed by atoms with Gasteiger partial charge in [0, 0.05) is 22.9 Å². The van der Waals surface area contributed by atoms with Gasteiger partial charge in [0.25, 0.3) is 0 Å². The molecule has 0 aromatic heterocycles. The van der Waals surface area contributed by atoms with E-state index in [0.717, 1.165) is 6.07 Å². The molecule has 2 N–H and O–H groups in total. The van der Waals surface area contributed by atoms with E-state index in [-0.39, 0.29) is 17.1 Å². The molecule has 23 heavy (non-hydrogen) atoms. The number of nitro groups is 1. The minimum absolute atomic E-state index is 0.0641. The number of phenolic OH excluding ortho intramolecular Hbond substituents is 1. The normalized spacial score (nSPS) is 12.5. The lowest BCUT2D eigenvalue weighted by atomic mass is 10.1. The molecule has 0 aliphatic heterocycles. The number of nitro benzene ring substituents is 1. The van der Waals surface area contributed by atoms with Crippen molar-refractivity contribution in [1.82, 2.24) is 0 Å². The Labute approximate surface area is 135 Å². The summed E-state index contributed by atoms with van der Waals surface area (Å²) in [7, 11) is 0. The summed E-state index contributed by atoms with van der Waals surface area (Å²) >= 11 is 5.76. The first-order valence-electron chi connectivity index (χ1n) is 6.48. The van der Waals surface area contributed by atoms with Gasteiger partial charge in [0.2, 0.25) is 5.75 Å². The van der Waals surface area contributed by atoms with Gasteiger partial charge in [0.05, 0.1) is 17.6 Å². The van der Waals surface area contributed by atoms with Crippen LogP contribution in [0.3, 0.4) is 0 Å². The zero-order valence-corrected chi connectivity index (χ0v) is 12.4. The molecule has 120 valence electrons. The van der Waals surface area contributed by atoms with Crippen LogP contribution in [-0.2, 0) is 0 Å². The number of aliphatic hydroxyl groups is 1. The van der Waals surface area contributed by atoms with Gasteiger partial charge in [-0.1, -0.05) is 23.7 Å². The monoisotopic (exact) mass is 338 g/mol. The number of aromatic hydroxyl groups is 1. The maximum atomic E-state index is 12.8. The fraction of sp³-hybridized carbons (Fsp3) is 0.133. The number of rotatable bonds is 5. The van der Waals surface area contributed by atoms with Crippen LogP contribution in [0, 0.1) is 15.9 Å². The van der Waals surface area contributed by atoms with E-state index in [1.165, 1.54) is 36.5 Å². The average molecular weight is 339 g/mol. The third-order valence-corrected chi connectivity index (χ3v) is 3.26. The molecule has 0 aliphatic carbocycles. The molecule has 0 heterocycles. The Hall–Kier alpha value is -2.51. The Morgan fingerprint density at radius 1 is 1.35 bits per heavy atom. The van der Waals surface area contributed by atoms with E-state index in [4.69, 9.17) is 11.6 Å². The lowest BCUT2D eigenvalue weighted by Gasteiger charge is -2.07. The highest BCUT2D eigenvalue weighted by Gasteiger charge is 2.17. The molecule has 2 aromatic rings. The molecule has 0 saturated carbocycles. The molecule has 2 aromatic carbocycles. The number of hydrogen-bond donors (Lipinski definition) is 2. The van der Waals surface area contributed by atoms with E-state index < -0.39 is 28.3 Å². The van der Waals surface area contributed by atoms with Gasteiger partial charge in [-0.25, -0.2) is 4.39 Å². The molecule has 1 atom stereocenters. The van der Waals surface area contributed by atoms with Crippen LogP contribution in [0.4, 0.5) is 10.1 Å². The second kappa shape index (κ2) is 7.17. The van der Waals surface area contributed by atoms with Crippen LogP contribution >= 0.6 is 11.6 Å². The van der Waals surface area contributed by atoms with E-state index in [1.807, 2.05) is 0 Å². The number of hydrogen-bond acceptors (Lipinski definition) is 5. The van der Waals surface area contributed by atoms with Crippen molar-refractivity contribution in [2.45, 2.75) is 6.10 Å². The first kappa shape index (κ1) is 16.9. The summed E-state index contributed by atoms with van der Waals surface area (Å²) in [6.45, 7) is -0.0641. The zero-order chi connectivity index (χ0) is 17.0. The molecular formula is C15H12ClFN2O4. The number of phenols is 1. The Morgan fingerprint density at radius 2 is 2.00 bits per heavy atom. The summed E-state index contributed by atoms with van der Waals surface area (Å²) in [5.74, 6) is -0.972. The van der Waals surface area contributed by atoms with Crippen molar-refractivity contribution >= 4 is 23.5 Å². The fourth-order valence-corrected chi connectivity index (χ4v) is 2.11. The first-order valence-corrected chi connectivity index (χ1v) is 6.86. The topological polar surface area (TPSA) is 96.0 Å². The van der Waals surface area contributed by atoms with Gasteiger partial charge in [-0.15, -0.1) is 0 Å². The molecule has 0 spiro atoms. The maximum Gasteiger partial charge on any atom is 0.312 e. The standard InChI is InChI=1S/C15H12ClFN2O4/c16-11-5-10(15(21)13(6-11)19(22)23)7-18-8-14(20)9-1-3-12(17)4-2-9/h1-7,14,20-21H,8H2. The van der Waals surface area contributed by atoms with Crippen molar-refractivity contribution in [3.8, 4) is 5.75 Å². The second-order valence-corrected chi connectivity index (χ2v) is 5.12. The van der Waals surface area contributed by atoms with E-state index >= 15 is 0 Å². The summed E-state index contributed by atoms with van der Waals surface area (Å²) in [5.41, 5.74) is 0.0124. The van der Waals surface area contributed by atoms with Gasteiger partial charge in [-0.05, 0) is 23.8 Å². The predicted octanol–water partition coefficient (Wildman–Crippen LogP) is 3.25. The zero-order valence-electron chi connectivity index (χ0n) is 11.7. The number of benzene rings is 2. The van der Waals surface area contributed by atoms with Crippen LogP contribution in [0.25, 0.3) is 0 Å². The smallest absolute Gasteiger partial charge is 0.312 e. The SMILES string of the molecule is O=[N+]([O-])c1cc(Cl)cc(C=NCC(O)c2ccc(F)cc2)c1O. The van der Waals surface area contributed by atoms with Gasteiger partial charge < -0.3 is 10.2 Å². The summed E-state index contributed by atoms with van der Waals surface area (Å²) in [6, 6.07) is 7.64. The van der Waals surface area contributed by atoms with E-state index in [2.05, 4.69) is 4.99 Å². The van der Waals surface area contributed by atoms with Crippen LogP contribution in [-0.4, -0.2) is 27.9 Å². The van der Waals surface area contributed by atoms with Gasteiger partial charge in [-0.3, -0.25) is 15.1 Å². The number of nitrogens with zero attached hydrogens (tertiary/aromatic N) is 2. The van der Waals surface area contributed by atoms with Crippen LogP contribution in [0.1, 0.15) is 17.2 Å². The summed E-state index contributed by atoms with van der Waals surface area (Å²) < 4.78 is 12.8. The molecule has 0 amide bonds. The van der Waals surface area contributed by atoms with E-state index in [9.17, 15) is 24.7 Å². The van der Waals surface area contributed by atoms with Crippen molar-refractivity contribution in [3.63, 3.8) is 0 Å². The molecule has 0 saturated heterocycles. The third-order valence-electron chi connectivity index (χ3n) is 3.04. The van der Waals surface area contributed by atoms with Crippen LogP contribution in [0.5, 0.6) is 5.75 Å². The summed E-state index contributed by atoms with van der Waals surface area (Å²) in [4.78, 5) is 14.0. The first-order chi connectivity index (χ1) is 10.9. The van der Waals surface area contributed by atoms with Crippen molar-refractivity contribution in [2.75, 3.05) is 6.54 Å². The molecule has 6 nitrogen and oxygen atoms in total. The number of aliphatic hydroxyl groups excluding tert-OH is 1. The molecule has 1 unspecified atom stereocenters. The summed E-state index contributed by atoms with van der Waals surface area (Å²) in [5, 5.41) is 30.6. The van der Waals surface area contributed by atoms with Crippen LogP contribution in [0.15, 0.2) is 41.4 Å². The molecular weight excluding hydrogens is 327 g/mol. The third kappa shape index (κ3) is 4.24. The lowest BCUT2D eigenvalue weighted by Crippen LogP contribution is -2.02. The number of aliphatic imine (C=N–C) groups is 1. The van der Waals surface area contributed by atoms with Gasteiger partial charge >= 0.3 is 5.69 Å². The van der Waals surface area contributed by atoms with Crippen molar-refractivity contribution < 1.29 is 19.5 Å². The van der Waals surface area contributed by atoms with Gasteiger partial charge in [-0.2, -0.15) is 0 Å². The molecule has 2 rings (SSSR count). The Morgan fingerprint density at radius 3 is 2.61 bits per heavy atom. The summed E-state index contributed by atoms with van der Waals surface area (Å²) in [6.07, 6.45) is 0.212. The highest BCUT2D eigenvalue weighted by Crippen LogP contribution is 2.32. The largest absolute Gasteiger partial charge is 0.502 e. The minimum atomic E-state index is -0.969. The van der Waals surface area contributed by atoms with Crippen molar-refractivity contribution in [3.05, 3.63) is 68.5 Å². The van der Waals surface area contributed by atoms with Gasteiger partial charge in [0.15, 0.2) is 0 Å². The Kier molecular flexibility index (Phi) is 5.25. The van der Waals surface area contributed by atoms with Crippen molar-refractivity contribution in [2.24, 2.45) is 4.99 Å². The fourth-order valence-electron chi connectivity index (χ4n) is 1.88. The second-order valence-electron chi connectivity index (χ2n) is 4.68. The molecule has 0 bridgehead atoms. The molecule has 0 aliphatic rings. The maximum absolute atomic E-state index is 12.8. The molecule has 0 radical (unpaired) electrons. The quantitative estimate of drug-likeness (QED) is 0.497. The highest BCUT2D eigenvalue weighted by molar-refractivity contribution is 6.31. The molecule has 0 fully saturated rings. The Bertz CT molecular complexity index is 750. The van der Waals surface area contributed by atoms with Crippen LogP contribution in [0.2, 0.25) is 5.02 Å². The van der Waals surface area contributed by atoms with Crippen molar-refractivity contribution in [1.29, 1.82) is 0 Å². The van der Waals surface area contributed by atoms with Crippen LogP contribution < -0.4 is 0 Å². The number of halogens is 2. The lowest BCUT2D eigenvalue weighted by molar-refractivity contribution is -0.385.